The number of halogens is 1. The molecule has 0 aliphatic heterocycles. The van der Waals surface area contributed by atoms with Crippen molar-refractivity contribution < 1.29 is 9.53 Å². The third kappa shape index (κ3) is 2.60. The quantitative estimate of drug-likeness (QED) is 0.767. The zero-order valence-corrected chi connectivity index (χ0v) is 9.81. The van der Waals surface area contributed by atoms with Crippen LogP contribution in [0, 0.1) is 0 Å². The Morgan fingerprint density at radius 2 is 1.88 bits per heavy atom. The Morgan fingerprint density at radius 1 is 1.18 bits per heavy atom. The molecule has 86 valence electrons. The zero-order chi connectivity index (χ0) is 12.3. The second kappa shape index (κ2) is 4.93. The highest BCUT2D eigenvalue weighted by molar-refractivity contribution is 6.29. The lowest BCUT2D eigenvalue weighted by Crippen LogP contribution is -2.00. The van der Waals surface area contributed by atoms with Crippen molar-refractivity contribution in [3.8, 4) is 11.3 Å². The molecule has 0 N–H and O–H groups in total. The monoisotopic (exact) mass is 248 g/mol. The van der Waals surface area contributed by atoms with Crippen molar-refractivity contribution in [3.05, 3.63) is 47.4 Å². The summed E-state index contributed by atoms with van der Waals surface area (Å²) in [5, 5.41) is 0.347. The molecular weight excluding hydrogens is 240 g/mol. The van der Waals surface area contributed by atoms with Crippen LogP contribution >= 0.6 is 11.6 Å². The summed E-state index contributed by atoms with van der Waals surface area (Å²) in [5.41, 5.74) is 2.06. The van der Waals surface area contributed by atoms with E-state index in [2.05, 4.69) is 14.7 Å². The molecular formula is C12H9ClN2O2. The van der Waals surface area contributed by atoms with Crippen LogP contribution in [-0.2, 0) is 4.74 Å². The van der Waals surface area contributed by atoms with Crippen LogP contribution in [0.25, 0.3) is 11.3 Å². The van der Waals surface area contributed by atoms with Gasteiger partial charge in [0.25, 0.3) is 0 Å². The third-order valence-electron chi connectivity index (χ3n) is 2.22. The van der Waals surface area contributed by atoms with E-state index in [0.29, 0.717) is 16.4 Å². The molecule has 5 heteroatoms. The second-order valence-corrected chi connectivity index (χ2v) is 3.68. The predicted molar refractivity (Wildman–Crippen MR) is 63.8 cm³/mol. The Bertz CT molecular complexity index is 523. The van der Waals surface area contributed by atoms with E-state index in [1.165, 1.54) is 13.3 Å². The Labute approximate surface area is 103 Å². The summed E-state index contributed by atoms with van der Waals surface area (Å²) in [7, 11) is 1.35. The van der Waals surface area contributed by atoms with Gasteiger partial charge in [-0.2, -0.15) is 0 Å². The molecule has 0 saturated heterocycles. The lowest BCUT2D eigenvalue weighted by Gasteiger charge is -2.02. The van der Waals surface area contributed by atoms with Crippen molar-refractivity contribution in [3.63, 3.8) is 0 Å². The van der Waals surface area contributed by atoms with Crippen LogP contribution in [0.5, 0.6) is 0 Å². The Balaban J connectivity index is 2.29. The number of hydrogen-bond donors (Lipinski definition) is 0. The smallest absolute Gasteiger partial charge is 0.337 e. The van der Waals surface area contributed by atoms with Gasteiger partial charge in [-0.3, -0.25) is 4.98 Å². The fourth-order valence-electron chi connectivity index (χ4n) is 1.36. The van der Waals surface area contributed by atoms with E-state index in [9.17, 15) is 4.79 Å². The molecule has 1 heterocycles. The highest BCUT2D eigenvalue weighted by atomic mass is 35.5. The van der Waals surface area contributed by atoms with Gasteiger partial charge in [0, 0.05) is 5.56 Å². The van der Waals surface area contributed by atoms with Crippen LogP contribution in [0.1, 0.15) is 10.4 Å². The minimum absolute atomic E-state index is 0.347. The first-order valence-corrected chi connectivity index (χ1v) is 5.25. The fourth-order valence-corrected chi connectivity index (χ4v) is 1.45. The average molecular weight is 249 g/mol. The standard InChI is InChI=1S/C12H9ClN2O2/c1-17-12(16)9-4-2-8(3-5-9)10-6-15-11(13)7-14-10/h2-7H,1H3. The van der Waals surface area contributed by atoms with Gasteiger partial charge in [0.2, 0.25) is 0 Å². The summed E-state index contributed by atoms with van der Waals surface area (Å²) in [6.45, 7) is 0. The van der Waals surface area contributed by atoms with Gasteiger partial charge in [-0.25, -0.2) is 9.78 Å². The molecule has 0 amide bonds. The first-order chi connectivity index (χ1) is 8.20. The molecule has 1 aromatic heterocycles. The topological polar surface area (TPSA) is 52.1 Å². The van der Waals surface area contributed by atoms with Crippen molar-refractivity contribution >= 4 is 17.6 Å². The van der Waals surface area contributed by atoms with Gasteiger partial charge in [0.05, 0.1) is 30.8 Å². The Morgan fingerprint density at radius 3 is 2.41 bits per heavy atom. The van der Waals surface area contributed by atoms with Crippen molar-refractivity contribution in [2.45, 2.75) is 0 Å². The Kier molecular flexibility index (Phi) is 3.35. The SMILES string of the molecule is COC(=O)c1ccc(-c2cnc(Cl)cn2)cc1. The van der Waals surface area contributed by atoms with Gasteiger partial charge < -0.3 is 4.74 Å². The fraction of sp³-hybridized carbons (Fsp3) is 0.0833. The minimum Gasteiger partial charge on any atom is -0.465 e. The van der Waals surface area contributed by atoms with Gasteiger partial charge in [0.15, 0.2) is 0 Å². The maximum absolute atomic E-state index is 11.2. The molecule has 0 saturated carbocycles. The number of ether oxygens (including phenoxy) is 1. The first kappa shape index (κ1) is 11.5. The van der Waals surface area contributed by atoms with E-state index in [1.807, 2.05) is 0 Å². The van der Waals surface area contributed by atoms with Crippen LogP contribution < -0.4 is 0 Å². The number of carbonyl (C=O) groups excluding carboxylic acids is 1. The second-order valence-electron chi connectivity index (χ2n) is 3.29. The van der Waals surface area contributed by atoms with Gasteiger partial charge >= 0.3 is 5.97 Å². The molecule has 0 aliphatic rings. The van der Waals surface area contributed by atoms with Gasteiger partial charge in [-0.1, -0.05) is 23.7 Å². The van der Waals surface area contributed by atoms with Crippen LogP contribution in [-0.4, -0.2) is 23.0 Å². The summed E-state index contributed by atoms with van der Waals surface area (Å²) in [4.78, 5) is 19.3. The number of methoxy groups -OCH3 is 1. The van der Waals surface area contributed by atoms with Crippen molar-refractivity contribution in [1.29, 1.82) is 0 Å². The van der Waals surface area contributed by atoms with Gasteiger partial charge in [-0.15, -0.1) is 0 Å². The molecule has 0 unspecified atom stereocenters. The third-order valence-corrected chi connectivity index (χ3v) is 2.42. The summed E-state index contributed by atoms with van der Waals surface area (Å²) < 4.78 is 4.61. The maximum atomic E-state index is 11.2. The van der Waals surface area contributed by atoms with E-state index in [-0.39, 0.29) is 5.97 Å². The van der Waals surface area contributed by atoms with E-state index in [1.54, 1.807) is 30.5 Å². The summed E-state index contributed by atoms with van der Waals surface area (Å²) >= 11 is 5.65. The Hall–Kier alpha value is -1.94. The molecule has 0 atom stereocenters. The van der Waals surface area contributed by atoms with E-state index >= 15 is 0 Å². The molecule has 1 aromatic carbocycles. The van der Waals surface area contributed by atoms with Crippen molar-refractivity contribution in [1.82, 2.24) is 9.97 Å². The number of esters is 1. The van der Waals surface area contributed by atoms with Crippen LogP contribution in [0.3, 0.4) is 0 Å². The highest BCUT2D eigenvalue weighted by Gasteiger charge is 2.05. The predicted octanol–water partition coefficient (Wildman–Crippen LogP) is 2.58. The number of aromatic nitrogens is 2. The molecule has 2 rings (SSSR count). The maximum Gasteiger partial charge on any atom is 0.337 e. The molecule has 0 bridgehead atoms. The molecule has 0 fully saturated rings. The van der Waals surface area contributed by atoms with Crippen LogP contribution in [0.15, 0.2) is 36.7 Å². The number of carbonyl (C=O) groups is 1. The van der Waals surface area contributed by atoms with E-state index in [0.717, 1.165) is 5.56 Å². The average Bonchev–Trinajstić information content (AvgIpc) is 2.39. The molecule has 0 aliphatic carbocycles. The number of hydrogen-bond acceptors (Lipinski definition) is 4. The molecule has 4 nitrogen and oxygen atoms in total. The lowest BCUT2D eigenvalue weighted by atomic mass is 10.1. The largest absolute Gasteiger partial charge is 0.465 e. The number of rotatable bonds is 2. The first-order valence-electron chi connectivity index (χ1n) is 4.87. The van der Waals surface area contributed by atoms with E-state index in [4.69, 9.17) is 11.6 Å². The molecule has 0 radical (unpaired) electrons. The van der Waals surface area contributed by atoms with Crippen LogP contribution in [0.4, 0.5) is 0 Å². The van der Waals surface area contributed by atoms with Crippen molar-refractivity contribution in [2.24, 2.45) is 0 Å². The van der Waals surface area contributed by atoms with Crippen LogP contribution in [0.2, 0.25) is 5.15 Å². The lowest BCUT2D eigenvalue weighted by molar-refractivity contribution is 0.0601. The van der Waals surface area contributed by atoms with Crippen molar-refractivity contribution in [2.75, 3.05) is 7.11 Å². The molecule has 0 spiro atoms. The van der Waals surface area contributed by atoms with Gasteiger partial charge in [-0.05, 0) is 12.1 Å². The summed E-state index contributed by atoms with van der Waals surface area (Å²) in [6, 6.07) is 6.92. The summed E-state index contributed by atoms with van der Waals surface area (Å²) in [6.07, 6.45) is 3.06. The van der Waals surface area contributed by atoms with E-state index < -0.39 is 0 Å². The molecule has 17 heavy (non-hydrogen) atoms. The number of nitrogens with zero attached hydrogens (tertiary/aromatic N) is 2. The van der Waals surface area contributed by atoms with Gasteiger partial charge in [0.1, 0.15) is 5.15 Å². The normalized spacial score (nSPS) is 10.0. The number of benzene rings is 1. The molecule has 2 aromatic rings. The zero-order valence-electron chi connectivity index (χ0n) is 9.05. The minimum atomic E-state index is -0.362. The highest BCUT2D eigenvalue weighted by Crippen LogP contribution is 2.17. The summed E-state index contributed by atoms with van der Waals surface area (Å²) in [5.74, 6) is -0.362.